The molecule has 5 heteroatoms. The van der Waals surface area contributed by atoms with E-state index in [1.807, 2.05) is 19.1 Å². The fourth-order valence-electron chi connectivity index (χ4n) is 2.48. The molecule has 1 aromatic heterocycles. The van der Waals surface area contributed by atoms with Crippen LogP contribution >= 0.6 is 34.2 Å². The molecule has 1 heterocycles. The third-order valence-electron chi connectivity index (χ3n) is 3.44. The lowest BCUT2D eigenvalue weighted by Crippen LogP contribution is -2.00. The molecule has 3 rings (SSSR count). The monoisotopic (exact) mass is 412 g/mol. The molecule has 3 nitrogen and oxygen atoms in total. The molecule has 0 atom stereocenters. The summed E-state index contributed by atoms with van der Waals surface area (Å²) in [6.45, 7) is 2.03. The predicted molar refractivity (Wildman–Crippen MR) is 94.6 cm³/mol. The van der Waals surface area contributed by atoms with Crippen LogP contribution in [0.2, 0.25) is 0 Å². The van der Waals surface area contributed by atoms with E-state index in [4.69, 9.17) is 16.3 Å². The molecule has 0 spiro atoms. The number of hydrogen-bond acceptors (Lipinski definition) is 2. The molecule has 0 aliphatic carbocycles. The summed E-state index contributed by atoms with van der Waals surface area (Å²) >= 11 is 8.37. The van der Waals surface area contributed by atoms with Crippen LogP contribution in [0.5, 0.6) is 5.75 Å². The largest absolute Gasteiger partial charge is 0.496 e. The van der Waals surface area contributed by atoms with E-state index >= 15 is 0 Å². The average molecular weight is 413 g/mol. The summed E-state index contributed by atoms with van der Waals surface area (Å²) in [5.41, 5.74) is 4.16. The van der Waals surface area contributed by atoms with Crippen molar-refractivity contribution in [1.29, 1.82) is 0 Å². The van der Waals surface area contributed by atoms with Crippen LogP contribution in [-0.2, 0) is 5.88 Å². The van der Waals surface area contributed by atoms with Crippen molar-refractivity contribution in [3.05, 3.63) is 51.4 Å². The Bertz CT molecular complexity index is 813. The van der Waals surface area contributed by atoms with Gasteiger partial charge in [-0.15, -0.1) is 11.6 Å². The van der Waals surface area contributed by atoms with E-state index in [9.17, 15) is 0 Å². The number of rotatable bonds is 3. The predicted octanol–water partition coefficient (Wildman–Crippen LogP) is 4.69. The Hall–Kier alpha value is -1.27. The van der Waals surface area contributed by atoms with Gasteiger partial charge in [-0.05, 0) is 71.5 Å². The van der Waals surface area contributed by atoms with Crippen LogP contribution in [0.4, 0.5) is 0 Å². The molecule has 0 bridgehead atoms. The minimum Gasteiger partial charge on any atom is -0.496 e. The van der Waals surface area contributed by atoms with Gasteiger partial charge in [0.25, 0.3) is 0 Å². The molecule has 21 heavy (non-hydrogen) atoms. The first kappa shape index (κ1) is 14.7. The summed E-state index contributed by atoms with van der Waals surface area (Å²) in [5.74, 6) is 2.10. The summed E-state index contributed by atoms with van der Waals surface area (Å²) in [6, 6.07) is 12.3. The van der Waals surface area contributed by atoms with Gasteiger partial charge in [-0.3, -0.25) is 4.57 Å². The van der Waals surface area contributed by atoms with Crippen LogP contribution in [0.1, 0.15) is 11.4 Å². The number of nitrogens with zero attached hydrogens (tertiary/aromatic N) is 2. The van der Waals surface area contributed by atoms with Crippen LogP contribution < -0.4 is 4.74 Å². The molecule has 0 unspecified atom stereocenters. The second kappa shape index (κ2) is 5.85. The van der Waals surface area contributed by atoms with E-state index in [0.717, 1.165) is 37.4 Å². The highest BCUT2D eigenvalue weighted by Gasteiger charge is 2.13. The van der Waals surface area contributed by atoms with Crippen molar-refractivity contribution in [3.8, 4) is 11.4 Å². The normalized spacial score (nSPS) is 11.0. The Kier molecular flexibility index (Phi) is 4.08. The van der Waals surface area contributed by atoms with E-state index in [1.54, 1.807) is 7.11 Å². The molecule has 0 fully saturated rings. The first-order valence-corrected chi connectivity index (χ1v) is 8.13. The van der Waals surface area contributed by atoms with Gasteiger partial charge in [-0.2, -0.15) is 0 Å². The average Bonchev–Trinajstić information content (AvgIpc) is 2.84. The number of ether oxygens (including phenoxy) is 1. The van der Waals surface area contributed by atoms with Crippen molar-refractivity contribution in [2.45, 2.75) is 12.8 Å². The van der Waals surface area contributed by atoms with Crippen LogP contribution in [0.3, 0.4) is 0 Å². The third-order valence-corrected chi connectivity index (χ3v) is 4.35. The van der Waals surface area contributed by atoms with Gasteiger partial charge in [0.2, 0.25) is 0 Å². The van der Waals surface area contributed by atoms with E-state index < -0.39 is 0 Å². The molecular weight excluding hydrogens is 399 g/mol. The summed E-state index contributed by atoms with van der Waals surface area (Å²) in [4.78, 5) is 4.64. The van der Waals surface area contributed by atoms with E-state index in [0.29, 0.717) is 5.88 Å². The van der Waals surface area contributed by atoms with Crippen molar-refractivity contribution < 1.29 is 4.74 Å². The number of aromatic nitrogens is 2. The highest BCUT2D eigenvalue weighted by Crippen LogP contribution is 2.27. The van der Waals surface area contributed by atoms with Crippen molar-refractivity contribution in [1.82, 2.24) is 9.55 Å². The highest BCUT2D eigenvalue weighted by molar-refractivity contribution is 14.1. The lowest BCUT2D eigenvalue weighted by atomic mass is 10.2. The fourth-order valence-corrected chi connectivity index (χ4v) is 3.14. The summed E-state index contributed by atoms with van der Waals surface area (Å²) in [7, 11) is 1.68. The second-order valence-corrected chi connectivity index (χ2v) is 6.30. The number of imidazole rings is 1. The Labute approximate surface area is 142 Å². The van der Waals surface area contributed by atoms with Crippen molar-refractivity contribution in [2.24, 2.45) is 0 Å². The number of methoxy groups -OCH3 is 1. The molecular formula is C16H14ClIN2O. The van der Waals surface area contributed by atoms with Crippen LogP contribution in [0, 0.1) is 10.5 Å². The molecule has 0 N–H and O–H groups in total. The highest BCUT2D eigenvalue weighted by atomic mass is 127. The van der Waals surface area contributed by atoms with Gasteiger partial charge in [0.05, 0.1) is 24.0 Å². The maximum atomic E-state index is 6.08. The standard InChI is InChI=1S/C16H14ClIN2O/c1-10-7-12(4-6-15(10)21-2)20-14-5-3-11(18)8-13(14)19-16(20)9-17/h3-8H,9H2,1-2H3. The number of halogens is 2. The zero-order valence-electron chi connectivity index (χ0n) is 11.7. The van der Waals surface area contributed by atoms with Crippen LogP contribution in [0.15, 0.2) is 36.4 Å². The summed E-state index contributed by atoms with van der Waals surface area (Å²) < 4.78 is 8.59. The smallest absolute Gasteiger partial charge is 0.129 e. The van der Waals surface area contributed by atoms with Crippen molar-refractivity contribution >= 4 is 45.2 Å². The van der Waals surface area contributed by atoms with E-state index in [1.165, 1.54) is 0 Å². The number of alkyl halides is 1. The third kappa shape index (κ3) is 2.62. The Morgan fingerprint density at radius 1 is 1.24 bits per heavy atom. The molecule has 108 valence electrons. The van der Waals surface area contributed by atoms with Gasteiger partial charge in [0, 0.05) is 9.26 Å². The molecule has 0 radical (unpaired) electrons. The molecule has 0 aliphatic heterocycles. The topological polar surface area (TPSA) is 27.1 Å². The van der Waals surface area contributed by atoms with Gasteiger partial charge in [0.15, 0.2) is 0 Å². The van der Waals surface area contributed by atoms with Crippen molar-refractivity contribution in [3.63, 3.8) is 0 Å². The number of benzene rings is 2. The summed E-state index contributed by atoms with van der Waals surface area (Å²) in [6.07, 6.45) is 0. The van der Waals surface area contributed by atoms with Crippen molar-refractivity contribution in [2.75, 3.05) is 7.11 Å². The Morgan fingerprint density at radius 3 is 2.71 bits per heavy atom. The van der Waals surface area contributed by atoms with Gasteiger partial charge in [0.1, 0.15) is 11.6 Å². The van der Waals surface area contributed by atoms with Gasteiger partial charge in [-0.1, -0.05) is 0 Å². The zero-order chi connectivity index (χ0) is 15.0. The number of aryl methyl sites for hydroxylation is 1. The van der Waals surface area contributed by atoms with Gasteiger partial charge >= 0.3 is 0 Å². The SMILES string of the molecule is COc1ccc(-n2c(CCl)nc3cc(I)ccc32)cc1C. The quantitative estimate of drug-likeness (QED) is 0.461. The van der Waals surface area contributed by atoms with Crippen LogP contribution in [0.25, 0.3) is 16.7 Å². The molecule has 0 aliphatic rings. The molecule has 0 saturated carbocycles. The number of hydrogen-bond donors (Lipinski definition) is 0. The molecule has 3 aromatic rings. The maximum absolute atomic E-state index is 6.08. The first-order valence-electron chi connectivity index (χ1n) is 6.52. The lowest BCUT2D eigenvalue weighted by Gasteiger charge is -2.11. The second-order valence-electron chi connectivity index (χ2n) is 4.78. The molecule has 2 aromatic carbocycles. The van der Waals surface area contributed by atoms with Crippen LogP contribution in [-0.4, -0.2) is 16.7 Å². The van der Waals surface area contributed by atoms with Gasteiger partial charge < -0.3 is 4.74 Å². The minimum atomic E-state index is 0.371. The number of fused-ring (bicyclic) bond motifs is 1. The Morgan fingerprint density at radius 2 is 2.05 bits per heavy atom. The first-order chi connectivity index (χ1) is 10.1. The lowest BCUT2D eigenvalue weighted by molar-refractivity contribution is 0.411. The molecule has 0 amide bonds. The summed E-state index contributed by atoms with van der Waals surface area (Å²) in [5, 5.41) is 0. The zero-order valence-corrected chi connectivity index (χ0v) is 14.6. The fraction of sp³-hybridized carbons (Fsp3) is 0.188. The minimum absolute atomic E-state index is 0.371. The van der Waals surface area contributed by atoms with E-state index in [2.05, 4.69) is 56.4 Å². The van der Waals surface area contributed by atoms with E-state index in [-0.39, 0.29) is 0 Å². The Balaban J connectivity index is 2.25. The molecule has 0 saturated heterocycles. The van der Waals surface area contributed by atoms with Gasteiger partial charge in [-0.25, -0.2) is 4.98 Å². The maximum Gasteiger partial charge on any atom is 0.129 e.